The summed E-state index contributed by atoms with van der Waals surface area (Å²) in [6.45, 7) is 5.47. The van der Waals surface area contributed by atoms with E-state index in [0.29, 0.717) is 36.8 Å². The molecule has 2 amide bonds. The topological polar surface area (TPSA) is 58.4 Å². The Morgan fingerprint density at radius 3 is 2.27 bits per heavy atom. The predicted octanol–water partition coefficient (Wildman–Crippen LogP) is 4.46. The van der Waals surface area contributed by atoms with Crippen molar-refractivity contribution in [2.45, 2.75) is 20.3 Å². The molecule has 0 aliphatic carbocycles. The van der Waals surface area contributed by atoms with Crippen LogP contribution >= 0.6 is 23.2 Å². The molecule has 0 saturated carbocycles. The molecule has 0 bridgehead atoms. The third-order valence-corrected chi connectivity index (χ3v) is 6.76. The zero-order valence-electron chi connectivity index (χ0n) is 18.3. The van der Waals surface area contributed by atoms with E-state index < -0.39 is 0 Å². The van der Waals surface area contributed by atoms with E-state index in [1.54, 1.807) is 44.8 Å². The van der Waals surface area contributed by atoms with Gasteiger partial charge in [-0.25, -0.2) is 9.07 Å². The molecule has 6 nitrogen and oxygen atoms in total. The first-order valence-electron chi connectivity index (χ1n) is 10.6. The van der Waals surface area contributed by atoms with Gasteiger partial charge in [0, 0.05) is 37.4 Å². The minimum atomic E-state index is -0.314. The van der Waals surface area contributed by atoms with Gasteiger partial charge in [-0.1, -0.05) is 29.3 Å². The van der Waals surface area contributed by atoms with Gasteiger partial charge in [-0.05, 0) is 50.2 Å². The second-order valence-corrected chi connectivity index (χ2v) is 8.77. The summed E-state index contributed by atoms with van der Waals surface area (Å²) in [5, 5.41) is 5.12. The summed E-state index contributed by atoms with van der Waals surface area (Å²) in [6, 6.07) is 11.1. The van der Waals surface area contributed by atoms with E-state index in [1.807, 2.05) is 13.8 Å². The average molecular weight is 489 g/mol. The van der Waals surface area contributed by atoms with Crippen molar-refractivity contribution in [1.82, 2.24) is 19.6 Å². The van der Waals surface area contributed by atoms with Gasteiger partial charge in [0.05, 0.1) is 33.4 Å². The van der Waals surface area contributed by atoms with Gasteiger partial charge in [0.15, 0.2) is 0 Å². The van der Waals surface area contributed by atoms with Gasteiger partial charge >= 0.3 is 0 Å². The van der Waals surface area contributed by atoms with Crippen molar-refractivity contribution < 1.29 is 14.0 Å². The molecule has 0 atom stereocenters. The van der Waals surface area contributed by atoms with Crippen LogP contribution in [-0.2, 0) is 11.2 Å². The maximum absolute atomic E-state index is 13.3. The molecule has 1 aromatic heterocycles. The lowest BCUT2D eigenvalue weighted by Crippen LogP contribution is -2.51. The Bertz CT molecular complexity index is 1200. The van der Waals surface area contributed by atoms with Gasteiger partial charge < -0.3 is 9.80 Å². The molecule has 0 radical (unpaired) electrons. The highest BCUT2D eigenvalue weighted by Crippen LogP contribution is 2.27. The summed E-state index contributed by atoms with van der Waals surface area (Å²) in [4.78, 5) is 29.3. The third-order valence-electron chi connectivity index (χ3n) is 5.94. The molecular weight excluding hydrogens is 466 g/mol. The fraction of sp³-hybridized carbons (Fsp3) is 0.292. The number of carbonyl (C=O) groups is 2. The first kappa shape index (κ1) is 23.3. The maximum Gasteiger partial charge on any atom is 0.255 e. The van der Waals surface area contributed by atoms with E-state index in [4.69, 9.17) is 23.2 Å². The number of hydrogen-bond acceptors (Lipinski definition) is 3. The largest absolute Gasteiger partial charge is 0.339 e. The van der Waals surface area contributed by atoms with E-state index in [9.17, 15) is 14.0 Å². The first-order chi connectivity index (χ1) is 15.8. The Labute approximate surface area is 201 Å². The molecule has 0 N–H and O–H groups in total. The molecule has 3 aromatic rings. The van der Waals surface area contributed by atoms with Crippen molar-refractivity contribution in [2.75, 3.05) is 26.2 Å². The van der Waals surface area contributed by atoms with E-state index in [-0.39, 0.29) is 29.1 Å². The number of aryl methyl sites for hydroxylation is 1. The Balaban J connectivity index is 1.41. The lowest BCUT2D eigenvalue weighted by molar-refractivity contribution is -0.131. The van der Waals surface area contributed by atoms with E-state index in [2.05, 4.69) is 5.10 Å². The summed E-state index contributed by atoms with van der Waals surface area (Å²) < 4.78 is 15.0. The zero-order chi connectivity index (χ0) is 23.7. The van der Waals surface area contributed by atoms with Gasteiger partial charge in [0.1, 0.15) is 5.82 Å². The van der Waals surface area contributed by atoms with Crippen molar-refractivity contribution in [2.24, 2.45) is 0 Å². The minimum Gasteiger partial charge on any atom is -0.339 e. The Hall–Kier alpha value is -2.90. The summed E-state index contributed by atoms with van der Waals surface area (Å²) in [6.07, 6.45) is 0.215. The zero-order valence-corrected chi connectivity index (χ0v) is 19.8. The standard InChI is InChI=1S/C24H23Cl2FN4O2/c1-15-20(16(2)31(28-15)18-8-6-17(27)7-9-18)14-22(32)29-10-12-30(13-11-29)24(33)19-4-3-5-21(25)23(19)26/h3-9H,10-14H2,1-2H3. The van der Waals surface area contributed by atoms with Crippen molar-refractivity contribution in [3.05, 3.63) is 80.8 Å². The third kappa shape index (κ3) is 4.75. The Kier molecular flexibility index (Phi) is 6.72. The number of benzene rings is 2. The summed E-state index contributed by atoms with van der Waals surface area (Å²) in [5.41, 5.74) is 3.56. The summed E-state index contributed by atoms with van der Waals surface area (Å²) >= 11 is 12.2. The number of amides is 2. The van der Waals surface area contributed by atoms with E-state index in [1.165, 1.54) is 12.1 Å². The molecule has 1 fully saturated rings. The van der Waals surface area contributed by atoms with Crippen LogP contribution in [0.25, 0.3) is 5.69 Å². The SMILES string of the molecule is Cc1nn(-c2ccc(F)cc2)c(C)c1CC(=O)N1CCN(C(=O)c2cccc(Cl)c2Cl)CC1. The van der Waals surface area contributed by atoms with Crippen molar-refractivity contribution >= 4 is 35.0 Å². The van der Waals surface area contributed by atoms with Crippen LogP contribution < -0.4 is 0 Å². The van der Waals surface area contributed by atoms with Crippen LogP contribution in [0.15, 0.2) is 42.5 Å². The lowest BCUT2D eigenvalue weighted by atomic mass is 10.1. The van der Waals surface area contributed by atoms with Gasteiger partial charge in [-0.15, -0.1) is 0 Å². The molecule has 0 spiro atoms. The van der Waals surface area contributed by atoms with Crippen LogP contribution in [-0.4, -0.2) is 57.6 Å². The number of hydrogen-bond donors (Lipinski definition) is 0. The van der Waals surface area contributed by atoms with Crippen molar-refractivity contribution in [3.63, 3.8) is 0 Å². The number of rotatable bonds is 4. The van der Waals surface area contributed by atoms with Crippen LogP contribution in [0.3, 0.4) is 0 Å². The van der Waals surface area contributed by atoms with Crippen LogP contribution in [0.2, 0.25) is 10.0 Å². The molecule has 1 aliphatic rings. The smallest absolute Gasteiger partial charge is 0.255 e. The minimum absolute atomic E-state index is 0.0206. The van der Waals surface area contributed by atoms with Crippen molar-refractivity contribution in [1.29, 1.82) is 0 Å². The number of halogens is 3. The maximum atomic E-state index is 13.3. The van der Waals surface area contributed by atoms with Crippen LogP contribution in [0.1, 0.15) is 27.3 Å². The average Bonchev–Trinajstić information content (AvgIpc) is 3.09. The van der Waals surface area contributed by atoms with Crippen LogP contribution in [0.4, 0.5) is 4.39 Å². The van der Waals surface area contributed by atoms with Gasteiger partial charge in [0.2, 0.25) is 5.91 Å². The van der Waals surface area contributed by atoms with Gasteiger partial charge in [-0.3, -0.25) is 9.59 Å². The number of carbonyl (C=O) groups excluding carboxylic acids is 2. The molecule has 2 aromatic carbocycles. The highest BCUT2D eigenvalue weighted by Gasteiger charge is 2.27. The second-order valence-electron chi connectivity index (χ2n) is 7.99. The van der Waals surface area contributed by atoms with Crippen LogP contribution in [0, 0.1) is 19.7 Å². The van der Waals surface area contributed by atoms with Crippen molar-refractivity contribution in [3.8, 4) is 5.69 Å². The molecule has 0 unspecified atom stereocenters. The molecule has 1 aliphatic heterocycles. The summed E-state index contributed by atoms with van der Waals surface area (Å²) in [7, 11) is 0. The molecule has 33 heavy (non-hydrogen) atoms. The Morgan fingerprint density at radius 1 is 0.970 bits per heavy atom. The van der Waals surface area contributed by atoms with E-state index in [0.717, 1.165) is 22.6 Å². The molecular formula is C24H23Cl2FN4O2. The normalized spacial score (nSPS) is 14.0. The summed E-state index contributed by atoms with van der Waals surface area (Å²) in [5.74, 6) is -0.527. The molecule has 172 valence electrons. The highest BCUT2D eigenvalue weighted by atomic mass is 35.5. The second kappa shape index (κ2) is 9.53. The monoisotopic (exact) mass is 488 g/mol. The fourth-order valence-corrected chi connectivity index (χ4v) is 4.41. The quantitative estimate of drug-likeness (QED) is 0.544. The molecule has 4 rings (SSSR count). The van der Waals surface area contributed by atoms with Gasteiger partial charge in [-0.2, -0.15) is 5.10 Å². The van der Waals surface area contributed by atoms with Crippen LogP contribution in [0.5, 0.6) is 0 Å². The van der Waals surface area contributed by atoms with E-state index >= 15 is 0 Å². The highest BCUT2D eigenvalue weighted by molar-refractivity contribution is 6.43. The molecule has 9 heteroatoms. The van der Waals surface area contributed by atoms with Gasteiger partial charge in [0.25, 0.3) is 5.91 Å². The number of piperazine rings is 1. The lowest BCUT2D eigenvalue weighted by Gasteiger charge is -2.35. The molecule has 2 heterocycles. The Morgan fingerprint density at radius 2 is 1.61 bits per heavy atom. The first-order valence-corrected chi connectivity index (χ1v) is 11.3. The number of nitrogens with zero attached hydrogens (tertiary/aromatic N) is 4. The number of aromatic nitrogens is 2. The fourth-order valence-electron chi connectivity index (χ4n) is 4.03. The predicted molar refractivity (Wildman–Crippen MR) is 126 cm³/mol. The molecule has 1 saturated heterocycles.